The predicted octanol–water partition coefficient (Wildman–Crippen LogP) is 1.61. The van der Waals surface area contributed by atoms with Gasteiger partial charge in [-0.05, 0) is 37.7 Å². The summed E-state index contributed by atoms with van der Waals surface area (Å²) in [6, 6.07) is 0. The Bertz CT molecular complexity index is 656. The van der Waals surface area contributed by atoms with E-state index in [0.717, 1.165) is 34.2 Å². The number of rotatable bonds is 0. The van der Waals surface area contributed by atoms with Crippen molar-refractivity contribution in [2.45, 2.75) is 33.1 Å². The highest BCUT2D eigenvalue weighted by molar-refractivity contribution is 7.18. The maximum atomic E-state index is 12.2. The third-order valence-electron chi connectivity index (χ3n) is 3.54. The standard InChI is InChI=1S/C12H15N3OS/c1-6-3-4-8-9(5-6)17-11-10(8)12(16)15(13)7(2)14-11/h6H,3-5,13H2,1-2H3/t6-/m1/s1. The molecule has 0 aliphatic heterocycles. The summed E-state index contributed by atoms with van der Waals surface area (Å²) in [5, 5.41) is 0.755. The van der Waals surface area contributed by atoms with Crippen molar-refractivity contribution in [3.05, 3.63) is 26.6 Å². The molecule has 5 heteroatoms. The van der Waals surface area contributed by atoms with Gasteiger partial charge >= 0.3 is 0 Å². The minimum absolute atomic E-state index is 0.0976. The number of nitrogens with two attached hydrogens (primary N) is 1. The van der Waals surface area contributed by atoms with Gasteiger partial charge in [-0.25, -0.2) is 9.66 Å². The van der Waals surface area contributed by atoms with Gasteiger partial charge in [-0.15, -0.1) is 11.3 Å². The number of aryl methyl sites for hydroxylation is 2. The highest BCUT2D eigenvalue weighted by Gasteiger charge is 2.23. The Morgan fingerprint density at radius 2 is 2.29 bits per heavy atom. The molecule has 3 rings (SSSR count). The number of hydrogen-bond donors (Lipinski definition) is 1. The molecule has 17 heavy (non-hydrogen) atoms. The van der Waals surface area contributed by atoms with Gasteiger partial charge in [0.05, 0.1) is 5.39 Å². The van der Waals surface area contributed by atoms with E-state index in [0.29, 0.717) is 11.7 Å². The smallest absolute Gasteiger partial charge is 0.280 e. The molecule has 0 bridgehead atoms. The minimum atomic E-state index is -0.0976. The lowest BCUT2D eigenvalue weighted by molar-refractivity contribution is 0.509. The Hall–Kier alpha value is -1.36. The molecule has 0 unspecified atom stereocenters. The molecule has 2 aromatic rings. The SMILES string of the molecule is Cc1nc2sc3c(c2c(=O)n1N)CC[C@@H](C)C3. The van der Waals surface area contributed by atoms with Crippen molar-refractivity contribution in [1.82, 2.24) is 9.66 Å². The van der Waals surface area contributed by atoms with E-state index in [1.165, 1.54) is 10.4 Å². The topological polar surface area (TPSA) is 60.9 Å². The van der Waals surface area contributed by atoms with Crippen molar-refractivity contribution >= 4 is 21.6 Å². The van der Waals surface area contributed by atoms with Crippen LogP contribution in [0.5, 0.6) is 0 Å². The summed E-state index contributed by atoms with van der Waals surface area (Å²) < 4.78 is 1.16. The van der Waals surface area contributed by atoms with Gasteiger partial charge in [0, 0.05) is 4.88 Å². The number of aromatic nitrogens is 2. The van der Waals surface area contributed by atoms with Crippen LogP contribution < -0.4 is 11.4 Å². The van der Waals surface area contributed by atoms with Gasteiger partial charge in [-0.2, -0.15) is 0 Å². The normalized spacial score (nSPS) is 19.5. The summed E-state index contributed by atoms with van der Waals surface area (Å²) in [5.41, 5.74) is 1.10. The van der Waals surface area contributed by atoms with Crippen LogP contribution in [0.2, 0.25) is 0 Å². The molecule has 90 valence electrons. The van der Waals surface area contributed by atoms with Crippen LogP contribution >= 0.6 is 11.3 Å². The Kier molecular flexibility index (Phi) is 2.26. The summed E-state index contributed by atoms with van der Waals surface area (Å²) in [6.45, 7) is 4.02. The maximum Gasteiger partial charge on any atom is 0.280 e. The van der Waals surface area contributed by atoms with E-state index < -0.39 is 0 Å². The fourth-order valence-corrected chi connectivity index (χ4v) is 3.92. The molecule has 0 fully saturated rings. The van der Waals surface area contributed by atoms with Crippen LogP contribution in [0.25, 0.3) is 10.2 Å². The predicted molar refractivity (Wildman–Crippen MR) is 70.0 cm³/mol. The summed E-state index contributed by atoms with van der Waals surface area (Å²) in [4.78, 5) is 18.8. The molecule has 0 spiro atoms. The molecule has 1 aliphatic carbocycles. The van der Waals surface area contributed by atoms with Crippen LogP contribution in [-0.2, 0) is 12.8 Å². The van der Waals surface area contributed by atoms with Crippen LogP contribution in [-0.4, -0.2) is 9.66 Å². The minimum Gasteiger partial charge on any atom is -0.335 e. The van der Waals surface area contributed by atoms with Crippen molar-refractivity contribution < 1.29 is 0 Å². The summed E-state index contributed by atoms with van der Waals surface area (Å²) in [6.07, 6.45) is 3.20. The second-order valence-corrected chi connectivity index (χ2v) is 5.95. The highest BCUT2D eigenvalue weighted by Crippen LogP contribution is 2.35. The first-order valence-corrected chi connectivity index (χ1v) is 6.68. The quantitative estimate of drug-likeness (QED) is 0.721. The Morgan fingerprint density at radius 1 is 1.53 bits per heavy atom. The molecule has 0 saturated carbocycles. The fraction of sp³-hybridized carbons (Fsp3) is 0.500. The van der Waals surface area contributed by atoms with E-state index in [4.69, 9.17) is 5.84 Å². The lowest BCUT2D eigenvalue weighted by atomic mass is 9.89. The van der Waals surface area contributed by atoms with Crippen LogP contribution in [0.1, 0.15) is 29.6 Å². The number of nitrogen functional groups attached to an aromatic ring is 1. The average molecular weight is 249 g/mol. The molecule has 1 aliphatic rings. The fourth-order valence-electron chi connectivity index (χ4n) is 2.50. The van der Waals surface area contributed by atoms with Crippen molar-refractivity contribution in [1.29, 1.82) is 0 Å². The Morgan fingerprint density at radius 3 is 3.06 bits per heavy atom. The molecule has 2 aromatic heterocycles. The van der Waals surface area contributed by atoms with Gasteiger partial charge in [0.25, 0.3) is 5.56 Å². The molecular formula is C12H15N3OS. The van der Waals surface area contributed by atoms with Crippen LogP contribution in [0.3, 0.4) is 0 Å². The number of nitrogens with zero attached hydrogens (tertiary/aromatic N) is 2. The van der Waals surface area contributed by atoms with Crippen molar-refractivity contribution in [2.24, 2.45) is 5.92 Å². The molecule has 0 saturated heterocycles. The second kappa shape index (κ2) is 3.57. The van der Waals surface area contributed by atoms with E-state index in [9.17, 15) is 4.79 Å². The zero-order chi connectivity index (χ0) is 12.2. The molecule has 0 aromatic carbocycles. The van der Waals surface area contributed by atoms with Crippen molar-refractivity contribution in [2.75, 3.05) is 5.84 Å². The summed E-state index contributed by atoms with van der Waals surface area (Å²) >= 11 is 1.66. The van der Waals surface area contributed by atoms with E-state index in [-0.39, 0.29) is 5.56 Å². The molecule has 2 heterocycles. The molecular weight excluding hydrogens is 234 g/mol. The Labute approximate surface area is 103 Å². The van der Waals surface area contributed by atoms with Crippen molar-refractivity contribution in [3.8, 4) is 0 Å². The lowest BCUT2D eigenvalue weighted by Crippen LogP contribution is -2.30. The first-order chi connectivity index (χ1) is 8.08. The third kappa shape index (κ3) is 1.49. The third-order valence-corrected chi connectivity index (χ3v) is 4.69. The first-order valence-electron chi connectivity index (χ1n) is 5.87. The average Bonchev–Trinajstić information content (AvgIpc) is 2.63. The zero-order valence-electron chi connectivity index (χ0n) is 9.99. The van der Waals surface area contributed by atoms with Crippen LogP contribution in [0, 0.1) is 12.8 Å². The molecule has 1 atom stereocenters. The summed E-state index contributed by atoms with van der Waals surface area (Å²) in [7, 11) is 0. The van der Waals surface area contributed by atoms with Gasteiger partial charge in [-0.1, -0.05) is 6.92 Å². The largest absolute Gasteiger partial charge is 0.335 e. The monoisotopic (exact) mass is 249 g/mol. The highest BCUT2D eigenvalue weighted by atomic mass is 32.1. The number of fused-ring (bicyclic) bond motifs is 3. The molecule has 0 amide bonds. The summed E-state index contributed by atoms with van der Waals surface area (Å²) in [5.74, 6) is 7.00. The second-order valence-electron chi connectivity index (χ2n) is 4.87. The molecule has 0 radical (unpaired) electrons. The maximum absolute atomic E-state index is 12.2. The van der Waals surface area contributed by atoms with Gasteiger partial charge in [0.1, 0.15) is 10.7 Å². The van der Waals surface area contributed by atoms with Gasteiger partial charge in [0.15, 0.2) is 0 Å². The van der Waals surface area contributed by atoms with E-state index in [2.05, 4.69) is 11.9 Å². The van der Waals surface area contributed by atoms with Gasteiger partial charge in [0.2, 0.25) is 0 Å². The number of thiophene rings is 1. The zero-order valence-corrected chi connectivity index (χ0v) is 10.8. The van der Waals surface area contributed by atoms with Crippen LogP contribution in [0.15, 0.2) is 4.79 Å². The van der Waals surface area contributed by atoms with E-state index in [1.54, 1.807) is 18.3 Å². The van der Waals surface area contributed by atoms with Crippen LogP contribution in [0.4, 0.5) is 0 Å². The lowest BCUT2D eigenvalue weighted by Gasteiger charge is -2.17. The van der Waals surface area contributed by atoms with Crippen molar-refractivity contribution in [3.63, 3.8) is 0 Å². The number of hydrogen-bond acceptors (Lipinski definition) is 4. The first kappa shape index (κ1) is 10.8. The van der Waals surface area contributed by atoms with Gasteiger partial charge in [-0.3, -0.25) is 4.79 Å². The van der Waals surface area contributed by atoms with E-state index in [1.807, 2.05) is 0 Å². The van der Waals surface area contributed by atoms with E-state index >= 15 is 0 Å². The molecule has 2 N–H and O–H groups in total. The molecule has 4 nitrogen and oxygen atoms in total. The Balaban J connectivity index is 2.37. The van der Waals surface area contributed by atoms with Gasteiger partial charge < -0.3 is 5.84 Å².